The molecule has 15 heavy (non-hydrogen) atoms. The molecule has 4 heteroatoms. The van der Waals surface area contributed by atoms with Gasteiger partial charge in [-0.2, -0.15) is 4.57 Å². The maximum atomic E-state index is 9.68. The van der Waals surface area contributed by atoms with Crippen molar-refractivity contribution >= 4 is 21.6 Å². The first-order valence-electron chi connectivity index (χ1n) is 4.80. The van der Waals surface area contributed by atoms with Gasteiger partial charge in [-0.15, -0.1) is 0 Å². The molecule has 0 amide bonds. The van der Waals surface area contributed by atoms with Gasteiger partial charge in [0.25, 0.3) is 6.23 Å². The monoisotopic (exact) mass is 224 g/mol. The van der Waals surface area contributed by atoms with Crippen LogP contribution in [-0.2, 0) is 0 Å². The summed E-state index contributed by atoms with van der Waals surface area (Å²) < 4.78 is 8.24. The van der Waals surface area contributed by atoms with Crippen LogP contribution in [0, 0.1) is 6.92 Å². The number of benzene rings is 1. The van der Waals surface area contributed by atoms with Crippen LogP contribution in [0.2, 0.25) is 0 Å². The van der Waals surface area contributed by atoms with E-state index in [1.807, 2.05) is 29.7 Å². The Balaban J connectivity index is 2.72. The summed E-state index contributed by atoms with van der Waals surface area (Å²) in [5.74, 6) is 0.815. The molecule has 0 aliphatic rings. The largest absolute Gasteiger partial charge is 0.497 e. The lowest BCUT2D eigenvalue weighted by molar-refractivity contribution is -0.734. The molecular weight excluding hydrogens is 210 g/mol. The molecule has 1 aromatic heterocycles. The van der Waals surface area contributed by atoms with E-state index in [0.717, 1.165) is 21.0 Å². The minimum atomic E-state index is -0.508. The molecule has 0 spiro atoms. The molecule has 0 bridgehead atoms. The van der Waals surface area contributed by atoms with Crippen LogP contribution in [0.3, 0.4) is 0 Å². The quantitative estimate of drug-likeness (QED) is 0.792. The van der Waals surface area contributed by atoms with Crippen molar-refractivity contribution in [2.45, 2.75) is 20.1 Å². The van der Waals surface area contributed by atoms with Gasteiger partial charge in [-0.05, 0) is 12.1 Å². The first-order valence-corrected chi connectivity index (χ1v) is 5.62. The van der Waals surface area contributed by atoms with Crippen LogP contribution in [0.25, 0.3) is 10.2 Å². The van der Waals surface area contributed by atoms with E-state index in [4.69, 9.17) is 4.74 Å². The van der Waals surface area contributed by atoms with Gasteiger partial charge < -0.3 is 9.84 Å². The topological polar surface area (TPSA) is 33.3 Å². The fourth-order valence-electron chi connectivity index (χ4n) is 1.74. The molecule has 1 unspecified atom stereocenters. The van der Waals surface area contributed by atoms with Crippen molar-refractivity contribution in [3.05, 3.63) is 23.2 Å². The van der Waals surface area contributed by atoms with Crippen LogP contribution in [0.1, 0.15) is 18.2 Å². The summed E-state index contributed by atoms with van der Waals surface area (Å²) in [4.78, 5) is 0. The average Bonchev–Trinajstić information content (AvgIpc) is 2.52. The van der Waals surface area contributed by atoms with E-state index in [1.54, 1.807) is 25.4 Å². The highest BCUT2D eigenvalue weighted by atomic mass is 32.1. The van der Waals surface area contributed by atoms with Crippen LogP contribution < -0.4 is 9.30 Å². The van der Waals surface area contributed by atoms with Crippen LogP contribution in [0.5, 0.6) is 5.75 Å². The minimum Gasteiger partial charge on any atom is -0.497 e. The second-order valence-corrected chi connectivity index (χ2v) is 4.69. The number of methoxy groups -OCH3 is 1. The number of aryl methyl sites for hydroxylation is 1. The van der Waals surface area contributed by atoms with E-state index in [0.29, 0.717) is 0 Å². The molecule has 1 N–H and O–H groups in total. The number of thiazole rings is 1. The van der Waals surface area contributed by atoms with Crippen molar-refractivity contribution < 1.29 is 14.4 Å². The number of aliphatic hydroxyl groups is 1. The number of hydrogen-bond donors (Lipinski definition) is 1. The molecule has 0 aliphatic heterocycles. The Labute approximate surface area is 92.6 Å². The second kappa shape index (κ2) is 3.79. The maximum absolute atomic E-state index is 9.68. The summed E-state index contributed by atoms with van der Waals surface area (Å²) in [6.07, 6.45) is -0.508. The second-order valence-electron chi connectivity index (χ2n) is 3.46. The highest BCUT2D eigenvalue weighted by Gasteiger charge is 2.21. The zero-order chi connectivity index (χ0) is 11.0. The first-order chi connectivity index (χ1) is 7.13. The van der Waals surface area contributed by atoms with E-state index < -0.39 is 6.23 Å². The van der Waals surface area contributed by atoms with Crippen molar-refractivity contribution in [2.75, 3.05) is 7.11 Å². The van der Waals surface area contributed by atoms with Gasteiger partial charge in [0.1, 0.15) is 10.4 Å². The molecule has 1 atom stereocenters. The molecule has 0 saturated carbocycles. The van der Waals surface area contributed by atoms with Crippen molar-refractivity contribution in [3.8, 4) is 5.75 Å². The predicted octanol–water partition coefficient (Wildman–Crippen LogP) is 2.02. The predicted molar refractivity (Wildman–Crippen MR) is 60.2 cm³/mol. The summed E-state index contributed by atoms with van der Waals surface area (Å²) in [5, 5.41) is 10.8. The zero-order valence-corrected chi connectivity index (χ0v) is 9.84. The van der Waals surface area contributed by atoms with Crippen molar-refractivity contribution in [1.82, 2.24) is 0 Å². The van der Waals surface area contributed by atoms with E-state index in [-0.39, 0.29) is 0 Å². The van der Waals surface area contributed by atoms with Crippen LogP contribution >= 0.6 is 11.3 Å². The third kappa shape index (κ3) is 1.70. The number of aromatic nitrogens is 1. The Bertz CT molecular complexity index is 491. The van der Waals surface area contributed by atoms with Crippen LogP contribution in [0.15, 0.2) is 18.2 Å². The molecule has 80 valence electrons. The lowest BCUT2D eigenvalue weighted by Gasteiger charge is -2.00. The van der Waals surface area contributed by atoms with Gasteiger partial charge in [0.05, 0.1) is 13.2 Å². The zero-order valence-electron chi connectivity index (χ0n) is 9.02. The number of aliphatic hydroxyl groups excluding tert-OH is 1. The Kier molecular flexibility index (Phi) is 2.63. The van der Waals surface area contributed by atoms with Crippen molar-refractivity contribution in [2.24, 2.45) is 0 Å². The van der Waals surface area contributed by atoms with Gasteiger partial charge in [-0.25, -0.2) is 0 Å². The molecular formula is C11H14NO2S+. The van der Waals surface area contributed by atoms with Gasteiger partial charge in [0.2, 0.25) is 10.5 Å². The summed E-state index contributed by atoms with van der Waals surface area (Å²) in [7, 11) is 1.65. The van der Waals surface area contributed by atoms with Gasteiger partial charge in [0, 0.05) is 13.8 Å². The van der Waals surface area contributed by atoms with Gasteiger partial charge >= 0.3 is 0 Å². The number of fused-ring (bicyclic) bond motifs is 1. The minimum absolute atomic E-state index is 0.508. The highest BCUT2D eigenvalue weighted by molar-refractivity contribution is 7.18. The fourth-order valence-corrected chi connectivity index (χ4v) is 2.81. The molecule has 0 fully saturated rings. The summed E-state index contributed by atoms with van der Waals surface area (Å²) in [5.41, 5.74) is 1.02. The number of hydrogen-bond acceptors (Lipinski definition) is 3. The average molecular weight is 224 g/mol. The summed E-state index contributed by atoms with van der Waals surface area (Å²) in [6, 6.07) is 5.90. The molecule has 0 saturated heterocycles. The lowest BCUT2D eigenvalue weighted by atomic mass is 10.3. The number of ether oxygens (including phenoxy) is 1. The molecule has 3 nitrogen and oxygen atoms in total. The first kappa shape index (κ1) is 10.4. The molecule has 2 aromatic rings. The summed E-state index contributed by atoms with van der Waals surface area (Å²) in [6.45, 7) is 3.77. The van der Waals surface area contributed by atoms with E-state index >= 15 is 0 Å². The molecule has 0 aliphatic carbocycles. The molecule has 2 rings (SSSR count). The van der Waals surface area contributed by atoms with Gasteiger partial charge in [-0.1, -0.05) is 11.3 Å². The molecule has 0 radical (unpaired) electrons. The van der Waals surface area contributed by atoms with Crippen LogP contribution in [0.4, 0.5) is 0 Å². The summed E-state index contributed by atoms with van der Waals surface area (Å²) >= 11 is 1.67. The maximum Gasteiger partial charge on any atom is 0.258 e. The Morgan fingerprint density at radius 3 is 2.80 bits per heavy atom. The highest BCUT2D eigenvalue weighted by Crippen LogP contribution is 2.25. The normalized spacial score (nSPS) is 13.1. The fraction of sp³-hybridized carbons (Fsp3) is 0.364. The Morgan fingerprint density at radius 2 is 2.20 bits per heavy atom. The number of rotatable bonds is 2. The van der Waals surface area contributed by atoms with E-state index in [2.05, 4.69) is 0 Å². The lowest BCUT2D eigenvalue weighted by Crippen LogP contribution is -2.38. The van der Waals surface area contributed by atoms with E-state index in [1.165, 1.54) is 0 Å². The molecule has 1 aromatic carbocycles. The smallest absolute Gasteiger partial charge is 0.258 e. The Hall–Kier alpha value is -1.13. The third-order valence-electron chi connectivity index (χ3n) is 2.40. The third-order valence-corrected chi connectivity index (χ3v) is 3.45. The van der Waals surface area contributed by atoms with Gasteiger partial charge in [0.15, 0.2) is 0 Å². The van der Waals surface area contributed by atoms with Gasteiger partial charge in [-0.3, -0.25) is 0 Å². The van der Waals surface area contributed by atoms with Crippen molar-refractivity contribution in [3.63, 3.8) is 0 Å². The standard InChI is InChI=1S/C11H14NO2S/c1-7(13)12-8(2)15-11-5-4-9(14-3)6-10(11)12/h4-7,13H,1-3H3/q+1. The van der Waals surface area contributed by atoms with Crippen LogP contribution in [-0.4, -0.2) is 12.2 Å². The van der Waals surface area contributed by atoms with E-state index in [9.17, 15) is 5.11 Å². The Morgan fingerprint density at radius 1 is 1.47 bits per heavy atom. The SMILES string of the molecule is COc1ccc2sc(C)[n+](C(C)O)c2c1. The molecule has 1 heterocycles. The van der Waals surface area contributed by atoms with Crippen molar-refractivity contribution in [1.29, 1.82) is 0 Å². The number of nitrogens with zero attached hydrogens (tertiary/aromatic N) is 1.